The second-order valence-corrected chi connectivity index (χ2v) is 6.70. The lowest BCUT2D eigenvalue weighted by atomic mass is 9.92. The summed E-state index contributed by atoms with van der Waals surface area (Å²) in [6.07, 6.45) is 2.19. The first-order chi connectivity index (χ1) is 10.6. The van der Waals surface area contributed by atoms with Crippen molar-refractivity contribution in [3.8, 4) is 5.75 Å². The SMILES string of the molecule is Cc1c(Cl)cccc1OCC(=O)N1CC[C@@H]2CNC[C@@H]2CC1. The Morgan fingerprint density at radius 1 is 1.32 bits per heavy atom. The lowest BCUT2D eigenvalue weighted by Gasteiger charge is -2.21. The summed E-state index contributed by atoms with van der Waals surface area (Å²) in [4.78, 5) is 14.3. The van der Waals surface area contributed by atoms with Crippen molar-refractivity contribution in [3.05, 3.63) is 28.8 Å². The van der Waals surface area contributed by atoms with Gasteiger partial charge in [-0.25, -0.2) is 0 Å². The molecule has 2 heterocycles. The molecule has 0 radical (unpaired) electrons. The molecule has 0 unspecified atom stereocenters. The smallest absolute Gasteiger partial charge is 0.260 e. The highest BCUT2D eigenvalue weighted by Crippen LogP contribution is 2.28. The van der Waals surface area contributed by atoms with Crippen molar-refractivity contribution < 1.29 is 9.53 Å². The molecule has 0 saturated carbocycles. The first-order valence-electron chi connectivity index (χ1n) is 8.01. The quantitative estimate of drug-likeness (QED) is 0.929. The Morgan fingerprint density at radius 3 is 2.68 bits per heavy atom. The first kappa shape index (κ1) is 15.6. The maximum atomic E-state index is 12.4. The van der Waals surface area contributed by atoms with Crippen molar-refractivity contribution in [2.24, 2.45) is 11.8 Å². The van der Waals surface area contributed by atoms with Gasteiger partial charge in [0.15, 0.2) is 6.61 Å². The number of likely N-dealkylation sites (tertiary alicyclic amines) is 1. The van der Waals surface area contributed by atoms with E-state index in [4.69, 9.17) is 16.3 Å². The van der Waals surface area contributed by atoms with E-state index < -0.39 is 0 Å². The molecule has 0 aromatic heterocycles. The zero-order valence-electron chi connectivity index (χ0n) is 13.0. The number of nitrogens with one attached hydrogen (secondary N) is 1. The third-order valence-corrected chi connectivity index (χ3v) is 5.35. The Morgan fingerprint density at radius 2 is 2.00 bits per heavy atom. The zero-order chi connectivity index (χ0) is 15.5. The summed E-state index contributed by atoms with van der Waals surface area (Å²) in [5.74, 6) is 2.23. The summed E-state index contributed by atoms with van der Waals surface area (Å²) < 4.78 is 5.68. The van der Waals surface area contributed by atoms with Gasteiger partial charge in [-0.15, -0.1) is 0 Å². The summed E-state index contributed by atoms with van der Waals surface area (Å²) in [6, 6.07) is 5.52. The average Bonchev–Trinajstić information content (AvgIpc) is 2.87. The molecular formula is C17H23ClN2O2. The van der Waals surface area contributed by atoms with Crippen molar-refractivity contribution in [2.75, 3.05) is 32.8 Å². The number of carbonyl (C=O) groups is 1. The minimum atomic E-state index is 0.0762. The highest BCUT2D eigenvalue weighted by molar-refractivity contribution is 6.31. The summed E-state index contributed by atoms with van der Waals surface area (Å²) in [6.45, 7) is 5.89. The number of rotatable bonds is 3. The normalized spacial score (nSPS) is 24.7. The van der Waals surface area contributed by atoms with Crippen LogP contribution in [0, 0.1) is 18.8 Å². The molecule has 1 N–H and O–H groups in total. The van der Waals surface area contributed by atoms with E-state index >= 15 is 0 Å². The van der Waals surface area contributed by atoms with Gasteiger partial charge < -0.3 is 15.0 Å². The van der Waals surface area contributed by atoms with Gasteiger partial charge in [-0.05, 0) is 56.8 Å². The predicted molar refractivity (Wildman–Crippen MR) is 87.3 cm³/mol. The fourth-order valence-electron chi connectivity index (χ4n) is 3.44. The Bertz CT molecular complexity index is 535. The fraction of sp³-hybridized carbons (Fsp3) is 0.588. The standard InChI is InChI=1S/C17H23ClN2O2/c1-12-15(18)3-2-4-16(12)22-11-17(21)20-7-5-13-9-19-10-14(13)6-8-20/h2-4,13-14,19H,5-11H2,1H3/t13-,14+. The molecule has 2 aliphatic heterocycles. The lowest BCUT2D eigenvalue weighted by Crippen LogP contribution is -2.36. The number of hydrogen-bond donors (Lipinski definition) is 1. The Kier molecular flexibility index (Phi) is 4.89. The van der Waals surface area contributed by atoms with Gasteiger partial charge in [0.05, 0.1) is 0 Å². The summed E-state index contributed by atoms with van der Waals surface area (Å²) in [5, 5.41) is 4.12. The third kappa shape index (κ3) is 3.39. The maximum Gasteiger partial charge on any atom is 0.260 e. The summed E-state index contributed by atoms with van der Waals surface area (Å²) >= 11 is 6.07. The van der Waals surface area contributed by atoms with E-state index in [0.29, 0.717) is 10.8 Å². The van der Waals surface area contributed by atoms with Gasteiger partial charge in [0.1, 0.15) is 5.75 Å². The van der Waals surface area contributed by atoms with E-state index in [2.05, 4.69) is 5.32 Å². The Hall–Kier alpha value is -1.26. The minimum Gasteiger partial charge on any atom is -0.483 e. The minimum absolute atomic E-state index is 0.0762. The van der Waals surface area contributed by atoms with Gasteiger partial charge in [-0.1, -0.05) is 17.7 Å². The summed E-state index contributed by atoms with van der Waals surface area (Å²) in [7, 11) is 0. The molecule has 2 fully saturated rings. The molecule has 2 saturated heterocycles. The molecule has 5 heteroatoms. The van der Waals surface area contributed by atoms with Crippen LogP contribution in [0.3, 0.4) is 0 Å². The molecule has 1 aromatic carbocycles. The number of amides is 1. The van der Waals surface area contributed by atoms with E-state index in [9.17, 15) is 4.79 Å². The zero-order valence-corrected chi connectivity index (χ0v) is 13.7. The lowest BCUT2D eigenvalue weighted by molar-refractivity contribution is -0.133. The van der Waals surface area contributed by atoms with E-state index in [1.54, 1.807) is 0 Å². The van der Waals surface area contributed by atoms with E-state index in [1.807, 2.05) is 30.0 Å². The van der Waals surface area contributed by atoms with Crippen LogP contribution in [0.25, 0.3) is 0 Å². The Labute approximate surface area is 136 Å². The highest BCUT2D eigenvalue weighted by atomic mass is 35.5. The fourth-order valence-corrected chi connectivity index (χ4v) is 3.61. The molecule has 0 bridgehead atoms. The van der Waals surface area contributed by atoms with Crippen molar-refractivity contribution in [3.63, 3.8) is 0 Å². The topological polar surface area (TPSA) is 41.6 Å². The molecule has 0 aliphatic carbocycles. The number of carbonyl (C=O) groups excluding carboxylic acids is 1. The van der Waals surface area contributed by atoms with Gasteiger partial charge in [-0.3, -0.25) is 4.79 Å². The number of hydrogen-bond acceptors (Lipinski definition) is 3. The molecule has 2 aliphatic rings. The molecule has 22 heavy (non-hydrogen) atoms. The van der Waals surface area contributed by atoms with Crippen LogP contribution < -0.4 is 10.1 Å². The van der Waals surface area contributed by atoms with Gasteiger partial charge in [0, 0.05) is 23.7 Å². The van der Waals surface area contributed by atoms with Gasteiger partial charge in [0.2, 0.25) is 0 Å². The number of fused-ring (bicyclic) bond motifs is 1. The summed E-state index contributed by atoms with van der Waals surface area (Å²) in [5.41, 5.74) is 0.883. The van der Waals surface area contributed by atoms with E-state index in [1.165, 1.54) is 0 Å². The van der Waals surface area contributed by atoms with Crippen molar-refractivity contribution in [1.29, 1.82) is 0 Å². The van der Waals surface area contributed by atoms with Crippen molar-refractivity contribution >= 4 is 17.5 Å². The largest absolute Gasteiger partial charge is 0.483 e. The van der Waals surface area contributed by atoms with E-state index in [-0.39, 0.29) is 12.5 Å². The molecule has 4 nitrogen and oxygen atoms in total. The number of benzene rings is 1. The highest BCUT2D eigenvalue weighted by Gasteiger charge is 2.31. The second kappa shape index (κ2) is 6.88. The van der Waals surface area contributed by atoms with Gasteiger partial charge in [0.25, 0.3) is 5.91 Å². The number of nitrogens with zero attached hydrogens (tertiary/aromatic N) is 1. The van der Waals surface area contributed by atoms with Crippen LogP contribution in [0.1, 0.15) is 18.4 Å². The van der Waals surface area contributed by atoms with Gasteiger partial charge >= 0.3 is 0 Å². The number of halogens is 1. The molecule has 0 spiro atoms. The Balaban J connectivity index is 1.54. The monoisotopic (exact) mass is 322 g/mol. The van der Waals surface area contributed by atoms with Crippen molar-refractivity contribution in [1.82, 2.24) is 10.2 Å². The molecular weight excluding hydrogens is 300 g/mol. The molecule has 120 valence electrons. The van der Waals surface area contributed by atoms with Crippen LogP contribution >= 0.6 is 11.6 Å². The van der Waals surface area contributed by atoms with Gasteiger partial charge in [-0.2, -0.15) is 0 Å². The predicted octanol–water partition coefficient (Wildman–Crippen LogP) is 2.49. The second-order valence-electron chi connectivity index (χ2n) is 6.29. The third-order valence-electron chi connectivity index (χ3n) is 4.94. The van der Waals surface area contributed by atoms with E-state index in [0.717, 1.165) is 56.4 Å². The van der Waals surface area contributed by atoms with Crippen LogP contribution in [0.2, 0.25) is 5.02 Å². The molecule has 3 rings (SSSR count). The molecule has 1 amide bonds. The van der Waals surface area contributed by atoms with Crippen LogP contribution in [0.4, 0.5) is 0 Å². The molecule has 2 atom stereocenters. The van der Waals surface area contributed by atoms with Crippen LogP contribution in [0.15, 0.2) is 18.2 Å². The van der Waals surface area contributed by atoms with Crippen LogP contribution in [-0.4, -0.2) is 43.6 Å². The average molecular weight is 323 g/mol. The van der Waals surface area contributed by atoms with Crippen LogP contribution in [-0.2, 0) is 4.79 Å². The molecule has 1 aromatic rings. The van der Waals surface area contributed by atoms with Crippen LogP contribution in [0.5, 0.6) is 5.75 Å². The first-order valence-corrected chi connectivity index (χ1v) is 8.39. The number of ether oxygens (including phenoxy) is 1. The maximum absolute atomic E-state index is 12.4. The van der Waals surface area contributed by atoms with Crippen molar-refractivity contribution in [2.45, 2.75) is 19.8 Å².